The highest BCUT2D eigenvalue weighted by molar-refractivity contribution is 9.10. The smallest absolute Gasteiger partial charge is 0.0509 e. The van der Waals surface area contributed by atoms with E-state index < -0.39 is 0 Å². The second-order valence-corrected chi connectivity index (χ2v) is 5.46. The fourth-order valence-corrected chi connectivity index (χ4v) is 2.57. The van der Waals surface area contributed by atoms with Crippen molar-refractivity contribution in [3.63, 3.8) is 0 Å². The van der Waals surface area contributed by atoms with E-state index in [4.69, 9.17) is 4.74 Å². The molecular formula is C13H19BrN2O. The van der Waals surface area contributed by atoms with Crippen LogP contribution in [-0.2, 0) is 11.2 Å². The van der Waals surface area contributed by atoms with Crippen LogP contribution < -0.4 is 5.32 Å². The summed E-state index contributed by atoms with van der Waals surface area (Å²) in [6, 6.07) is 4.59. The van der Waals surface area contributed by atoms with Crippen LogP contribution in [0.15, 0.2) is 22.8 Å². The summed E-state index contributed by atoms with van der Waals surface area (Å²) in [7, 11) is 2.03. The summed E-state index contributed by atoms with van der Waals surface area (Å²) < 4.78 is 6.58. The number of nitrogens with zero attached hydrogens (tertiary/aromatic N) is 1. The van der Waals surface area contributed by atoms with Crippen LogP contribution >= 0.6 is 15.9 Å². The maximum Gasteiger partial charge on any atom is 0.0509 e. The van der Waals surface area contributed by atoms with Crippen molar-refractivity contribution in [1.82, 2.24) is 10.3 Å². The Labute approximate surface area is 111 Å². The molecule has 17 heavy (non-hydrogen) atoms. The number of halogens is 1. The Kier molecular flexibility index (Phi) is 4.95. The number of hydrogen-bond donors (Lipinski definition) is 1. The normalized spacial score (nSPS) is 22.4. The molecule has 1 aliphatic rings. The SMILES string of the molecule is CNC(Cc1ccc(Br)cn1)C1CCCOC1. The van der Waals surface area contributed by atoms with E-state index >= 15 is 0 Å². The van der Waals surface area contributed by atoms with Gasteiger partial charge in [0.25, 0.3) is 0 Å². The van der Waals surface area contributed by atoms with Gasteiger partial charge in [-0.05, 0) is 53.9 Å². The number of rotatable bonds is 4. The van der Waals surface area contributed by atoms with Gasteiger partial charge >= 0.3 is 0 Å². The monoisotopic (exact) mass is 298 g/mol. The van der Waals surface area contributed by atoms with E-state index in [0.29, 0.717) is 12.0 Å². The molecular weight excluding hydrogens is 280 g/mol. The Balaban J connectivity index is 1.96. The largest absolute Gasteiger partial charge is 0.381 e. The van der Waals surface area contributed by atoms with Gasteiger partial charge in [0, 0.05) is 35.4 Å². The number of nitrogens with one attached hydrogen (secondary N) is 1. The van der Waals surface area contributed by atoms with Crippen molar-refractivity contribution < 1.29 is 4.74 Å². The second kappa shape index (κ2) is 6.47. The summed E-state index contributed by atoms with van der Waals surface area (Å²) in [5.74, 6) is 0.610. The number of aromatic nitrogens is 1. The van der Waals surface area contributed by atoms with Crippen LogP contribution in [0.1, 0.15) is 18.5 Å². The van der Waals surface area contributed by atoms with E-state index in [1.54, 1.807) is 0 Å². The van der Waals surface area contributed by atoms with Crippen molar-refractivity contribution in [3.05, 3.63) is 28.5 Å². The summed E-state index contributed by atoms with van der Waals surface area (Å²) in [4.78, 5) is 4.43. The number of hydrogen-bond acceptors (Lipinski definition) is 3. The van der Waals surface area contributed by atoms with E-state index in [1.807, 2.05) is 19.3 Å². The predicted molar refractivity (Wildman–Crippen MR) is 72.0 cm³/mol. The highest BCUT2D eigenvalue weighted by Gasteiger charge is 2.23. The summed E-state index contributed by atoms with van der Waals surface area (Å²) in [6.07, 6.45) is 5.26. The summed E-state index contributed by atoms with van der Waals surface area (Å²) in [5, 5.41) is 3.40. The molecule has 0 bridgehead atoms. The average molecular weight is 299 g/mol. The Hall–Kier alpha value is -0.450. The molecule has 2 atom stereocenters. The molecule has 0 aliphatic carbocycles. The maximum absolute atomic E-state index is 5.55. The molecule has 2 rings (SSSR count). The van der Waals surface area contributed by atoms with Gasteiger partial charge in [-0.15, -0.1) is 0 Å². The molecule has 0 radical (unpaired) electrons. The van der Waals surface area contributed by atoms with Crippen molar-refractivity contribution in [2.45, 2.75) is 25.3 Å². The van der Waals surface area contributed by atoms with E-state index in [2.05, 4.69) is 32.3 Å². The molecule has 1 fully saturated rings. The van der Waals surface area contributed by atoms with Crippen LogP contribution in [-0.4, -0.2) is 31.3 Å². The molecule has 2 heterocycles. The highest BCUT2D eigenvalue weighted by Crippen LogP contribution is 2.20. The predicted octanol–water partition coefficient (Wildman–Crippen LogP) is 2.40. The third-order valence-corrected chi connectivity index (χ3v) is 3.82. The fraction of sp³-hybridized carbons (Fsp3) is 0.615. The minimum absolute atomic E-state index is 0.462. The minimum Gasteiger partial charge on any atom is -0.381 e. The van der Waals surface area contributed by atoms with Gasteiger partial charge in [-0.3, -0.25) is 4.98 Å². The third kappa shape index (κ3) is 3.76. The molecule has 1 N–H and O–H groups in total. The standard InChI is InChI=1S/C13H19BrN2O/c1-15-13(10-3-2-6-17-9-10)7-12-5-4-11(14)8-16-12/h4-5,8,10,13,15H,2-3,6-7,9H2,1H3. The zero-order chi connectivity index (χ0) is 12.1. The third-order valence-electron chi connectivity index (χ3n) is 3.35. The lowest BCUT2D eigenvalue weighted by Gasteiger charge is -2.29. The number of likely N-dealkylation sites (N-methyl/N-ethyl adjacent to an activating group) is 1. The molecule has 4 heteroatoms. The summed E-state index contributed by atoms with van der Waals surface area (Å²) in [5.41, 5.74) is 1.14. The molecule has 0 spiro atoms. The highest BCUT2D eigenvalue weighted by atomic mass is 79.9. The first-order chi connectivity index (χ1) is 8.29. The molecule has 1 aromatic rings. The second-order valence-electron chi connectivity index (χ2n) is 4.54. The maximum atomic E-state index is 5.55. The van der Waals surface area contributed by atoms with E-state index in [9.17, 15) is 0 Å². The van der Waals surface area contributed by atoms with Crippen LogP contribution in [0.5, 0.6) is 0 Å². The van der Waals surface area contributed by atoms with Crippen molar-refractivity contribution in [1.29, 1.82) is 0 Å². The van der Waals surface area contributed by atoms with Gasteiger partial charge in [-0.25, -0.2) is 0 Å². The zero-order valence-electron chi connectivity index (χ0n) is 10.2. The van der Waals surface area contributed by atoms with Gasteiger partial charge < -0.3 is 10.1 Å². The van der Waals surface area contributed by atoms with E-state index in [1.165, 1.54) is 12.8 Å². The first kappa shape index (κ1) is 13.0. The topological polar surface area (TPSA) is 34.2 Å². The zero-order valence-corrected chi connectivity index (χ0v) is 11.7. The van der Waals surface area contributed by atoms with E-state index in [0.717, 1.165) is 29.8 Å². The summed E-state index contributed by atoms with van der Waals surface area (Å²) >= 11 is 3.41. The van der Waals surface area contributed by atoms with Crippen LogP contribution in [0.2, 0.25) is 0 Å². The van der Waals surface area contributed by atoms with Crippen LogP contribution in [0.25, 0.3) is 0 Å². The Morgan fingerprint density at radius 3 is 3.06 bits per heavy atom. The molecule has 2 unspecified atom stereocenters. The van der Waals surface area contributed by atoms with Crippen molar-refractivity contribution >= 4 is 15.9 Å². The van der Waals surface area contributed by atoms with Gasteiger partial charge in [-0.2, -0.15) is 0 Å². The average Bonchev–Trinajstić information content (AvgIpc) is 2.39. The molecule has 0 saturated carbocycles. The van der Waals surface area contributed by atoms with Gasteiger partial charge in [-0.1, -0.05) is 0 Å². The molecule has 1 saturated heterocycles. The van der Waals surface area contributed by atoms with Gasteiger partial charge in [0.2, 0.25) is 0 Å². The molecule has 0 aromatic carbocycles. The Morgan fingerprint density at radius 1 is 1.59 bits per heavy atom. The lowest BCUT2D eigenvalue weighted by Crippen LogP contribution is -2.40. The fourth-order valence-electron chi connectivity index (χ4n) is 2.34. The molecule has 94 valence electrons. The first-order valence-electron chi connectivity index (χ1n) is 6.15. The number of pyridine rings is 1. The Bertz CT molecular complexity index is 336. The molecule has 3 nitrogen and oxygen atoms in total. The quantitative estimate of drug-likeness (QED) is 0.927. The van der Waals surface area contributed by atoms with Crippen molar-refractivity contribution in [2.24, 2.45) is 5.92 Å². The van der Waals surface area contributed by atoms with Crippen LogP contribution in [0, 0.1) is 5.92 Å². The minimum atomic E-state index is 0.462. The lowest BCUT2D eigenvalue weighted by atomic mass is 9.90. The van der Waals surface area contributed by atoms with Crippen LogP contribution in [0.3, 0.4) is 0 Å². The molecule has 1 aromatic heterocycles. The van der Waals surface area contributed by atoms with Crippen molar-refractivity contribution in [3.8, 4) is 0 Å². The van der Waals surface area contributed by atoms with Crippen LogP contribution in [0.4, 0.5) is 0 Å². The van der Waals surface area contributed by atoms with Gasteiger partial charge in [0.15, 0.2) is 0 Å². The molecule has 0 amide bonds. The lowest BCUT2D eigenvalue weighted by molar-refractivity contribution is 0.0403. The first-order valence-corrected chi connectivity index (χ1v) is 6.94. The van der Waals surface area contributed by atoms with Gasteiger partial charge in [0.05, 0.1) is 6.61 Å². The van der Waals surface area contributed by atoms with Gasteiger partial charge in [0.1, 0.15) is 0 Å². The summed E-state index contributed by atoms with van der Waals surface area (Å²) in [6.45, 7) is 1.80. The molecule has 1 aliphatic heterocycles. The van der Waals surface area contributed by atoms with Crippen molar-refractivity contribution in [2.75, 3.05) is 20.3 Å². The Morgan fingerprint density at radius 2 is 2.47 bits per heavy atom. The number of ether oxygens (including phenoxy) is 1. The van der Waals surface area contributed by atoms with E-state index in [-0.39, 0.29) is 0 Å².